The Hall–Kier alpha value is -3.82. The van der Waals surface area contributed by atoms with Crippen LogP contribution >= 0.6 is 0 Å². The zero-order valence-electron chi connectivity index (χ0n) is 14.7. The van der Waals surface area contributed by atoms with Gasteiger partial charge in [0.05, 0.1) is 12.1 Å². The molecule has 10 heteroatoms. The van der Waals surface area contributed by atoms with Gasteiger partial charge in [-0.15, -0.1) is 5.10 Å². The third kappa shape index (κ3) is 2.49. The van der Waals surface area contributed by atoms with Crippen LogP contribution in [0.5, 0.6) is 0 Å². The molecule has 0 amide bonds. The molecule has 5 aromatic rings. The molecule has 0 saturated heterocycles. The summed E-state index contributed by atoms with van der Waals surface area (Å²) in [5, 5.41) is 20.9. The van der Waals surface area contributed by atoms with Gasteiger partial charge in [-0.25, -0.2) is 9.97 Å². The summed E-state index contributed by atoms with van der Waals surface area (Å²) < 4.78 is 8.61. The van der Waals surface area contributed by atoms with E-state index in [-0.39, 0.29) is 0 Å². The Kier molecular flexibility index (Phi) is 3.35. The lowest BCUT2D eigenvalue weighted by Gasteiger charge is -2.09. The number of nitrogens with one attached hydrogen (secondary N) is 1. The topological polar surface area (TPSA) is 112 Å². The Morgan fingerprint density at radius 3 is 2.89 bits per heavy atom. The lowest BCUT2D eigenvalue weighted by Crippen LogP contribution is -2.09. The molecule has 0 fully saturated rings. The number of hydrogen-bond donors (Lipinski definition) is 1. The summed E-state index contributed by atoms with van der Waals surface area (Å²) in [6.07, 6.45) is 1.53. The minimum Gasteiger partial charge on any atom is -0.362 e. The van der Waals surface area contributed by atoms with Gasteiger partial charge in [-0.05, 0) is 19.1 Å². The molecule has 0 atom stereocenters. The Morgan fingerprint density at radius 2 is 2.11 bits per heavy atom. The lowest BCUT2D eigenvalue weighted by atomic mass is 10.2. The number of fused-ring (bicyclic) bond motifs is 3. The van der Waals surface area contributed by atoms with Gasteiger partial charge in [0.25, 0.3) is 0 Å². The Labute approximate surface area is 152 Å². The molecule has 5 rings (SSSR count). The molecule has 0 radical (unpaired) electrons. The van der Waals surface area contributed by atoms with Crippen LogP contribution in [0.4, 0.5) is 5.82 Å². The highest BCUT2D eigenvalue weighted by molar-refractivity contribution is 5.92. The van der Waals surface area contributed by atoms with Crippen molar-refractivity contribution in [2.24, 2.45) is 7.05 Å². The number of nitrogens with zero attached hydrogens (tertiary/aromatic N) is 8. The van der Waals surface area contributed by atoms with Crippen molar-refractivity contribution in [2.75, 3.05) is 5.32 Å². The van der Waals surface area contributed by atoms with Crippen LogP contribution in [0.3, 0.4) is 0 Å². The molecule has 0 aliphatic rings. The summed E-state index contributed by atoms with van der Waals surface area (Å²) in [5.41, 5.74) is 2.66. The number of aryl methyl sites for hydroxylation is 2. The fourth-order valence-electron chi connectivity index (χ4n) is 2.99. The molecule has 0 bridgehead atoms. The van der Waals surface area contributed by atoms with Crippen LogP contribution in [-0.2, 0) is 13.6 Å². The van der Waals surface area contributed by atoms with E-state index in [0.717, 1.165) is 16.7 Å². The third-order valence-electron chi connectivity index (χ3n) is 4.34. The van der Waals surface area contributed by atoms with Gasteiger partial charge in [0, 0.05) is 18.5 Å². The van der Waals surface area contributed by atoms with Crippen LogP contribution in [-0.4, -0.2) is 39.7 Å². The first-order valence-corrected chi connectivity index (χ1v) is 8.35. The average Bonchev–Trinajstić information content (AvgIpc) is 3.39. The van der Waals surface area contributed by atoms with E-state index in [9.17, 15) is 0 Å². The maximum atomic E-state index is 5.18. The van der Waals surface area contributed by atoms with Gasteiger partial charge in [0.15, 0.2) is 11.3 Å². The molecule has 4 heterocycles. The van der Waals surface area contributed by atoms with E-state index in [1.54, 1.807) is 9.20 Å². The first-order valence-electron chi connectivity index (χ1n) is 8.35. The van der Waals surface area contributed by atoms with Crippen molar-refractivity contribution < 1.29 is 4.52 Å². The normalized spacial score (nSPS) is 11.5. The van der Waals surface area contributed by atoms with E-state index in [4.69, 9.17) is 9.51 Å². The van der Waals surface area contributed by atoms with E-state index in [0.29, 0.717) is 35.2 Å². The molecule has 27 heavy (non-hydrogen) atoms. The molecule has 0 unspecified atom stereocenters. The van der Waals surface area contributed by atoms with Gasteiger partial charge < -0.3 is 9.84 Å². The minimum atomic E-state index is 0.490. The number of aromatic nitrogens is 8. The van der Waals surface area contributed by atoms with Gasteiger partial charge in [-0.1, -0.05) is 22.5 Å². The average molecular weight is 361 g/mol. The van der Waals surface area contributed by atoms with Crippen LogP contribution in [0.2, 0.25) is 0 Å². The molecule has 1 aromatic carbocycles. The smallest absolute Gasteiger partial charge is 0.188 e. The van der Waals surface area contributed by atoms with Crippen LogP contribution < -0.4 is 5.32 Å². The van der Waals surface area contributed by atoms with E-state index >= 15 is 0 Å². The molecule has 1 N–H and O–H groups in total. The largest absolute Gasteiger partial charge is 0.362 e. The van der Waals surface area contributed by atoms with E-state index in [1.807, 2.05) is 44.3 Å². The summed E-state index contributed by atoms with van der Waals surface area (Å²) in [5.74, 6) is 2.22. The van der Waals surface area contributed by atoms with Crippen LogP contribution in [0.15, 0.2) is 41.2 Å². The third-order valence-corrected chi connectivity index (χ3v) is 4.34. The second kappa shape index (κ2) is 5.87. The van der Waals surface area contributed by atoms with Gasteiger partial charge in [-0.3, -0.25) is 4.68 Å². The van der Waals surface area contributed by atoms with Crippen molar-refractivity contribution in [3.8, 4) is 11.4 Å². The summed E-state index contributed by atoms with van der Waals surface area (Å²) in [4.78, 5) is 9.01. The Morgan fingerprint density at radius 1 is 1.22 bits per heavy atom. The highest BCUT2D eigenvalue weighted by atomic mass is 16.5. The lowest BCUT2D eigenvalue weighted by molar-refractivity contribution is 0.399. The standard InChI is InChI=1S/C17H15N9O/c1-10-7-12(23-27-10)15-17-21-16(18-8-14-19-9-20-25(14)2)11-5-3-4-6-13(11)26(17)24-22-15/h3-7,9H,8H2,1-2H3,(H,18,21). The summed E-state index contributed by atoms with van der Waals surface area (Å²) in [6, 6.07) is 9.69. The van der Waals surface area contributed by atoms with Crippen molar-refractivity contribution in [2.45, 2.75) is 13.5 Å². The number of hydrogen-bond acceptors (Lipinski definition) is 8. The number of anilines is 1. The molecule has 10 nitrogen and oxygen atoms in total. The monoisotopic (exact) mass is 361 g/mol. The van der Waals surface area contributed by atoms with Crippen molar-refractivity contribution in [1.29, 1.82) is 0 Å². The highest BCUT2D eigenvalue weighted by Gasteiger charge is 2.18. The van der Waals surface area contributed by atoms with Crippen molar-refractivity contribution >= 4 is 22.4 Å². The first kappa shape index (κ1) is 15.4. The zero-order chi connectivity index (χ0) is 18.4. The fourth-order valence-corrected chi connectivity index (χ4v) is 2.99. The SMILES string of the molecule is Cc1cc(-c2nnn3c2nc(NCc2ncnn2C)c2ccccc23)no1. The first-order chi connectivity index (χ1) is 13.2. The summed E-state index contributed by atoms with van der Waals surface area (Å²) >= 11 is 0. The van der Waals surface area contributed by atoms with E-state index < -0.39 is 0 Å². The molecule has 0 spiro atoms. The van der Waals surface area contributed by atoms with Crippen LogP contribution in [0.25, 0.3) is 27.9 Å². The predicted molar refractivity (Wildman–Crippen MR) is 96.9 cm³/mol. The zero-order valence-corrected chi connectivity index (χ0v) is 14.7. The predicted octanol–water partition coefficient (Wildman–Crippen LogP) is 1.98. The molecule has 0 aliphatic carbocycles. The summed E-state index contributed by atoms with van der Waals surface area (Å²) in [7, 11) is 1.85. The number of rotatable bonds is 4. The van der Waals surface area contributed by atoms with Gasteiger partial charge in [0.1, 0.15) is 29.4 Å². The van der Waals surface area contributed by atoms with E-state index in [2.05, 4.69) is 30.9 Å². The van der Waals surface area contributed by atoms with Gasteiger partial charge >= 0.3 is 0 Å². The second-order valence-corrected chi connectivity index (χ2v) is 6.13. The maximum absolute atomic E-state index is 5.18. The van der Waals surface area contributed by atoms with Crippen LogP contribution in [0, 0.1) is 6.92 Å². The van der Waals surface area contributed by atoms with Crippen LogP contribution in [0.1, 0.15) is 11.6 Å². The molecule has 0 saturated carbocycles. The quantitative estimate of drug-likeness (QED) is 0.517. The minimum absolute atomic E-state index is 0.490. The summed E-state index contributed by atoms with van der Waals surface area (Å²) in [6.45, 7) is 2.32. The molecule has 0 aliphatic heterocycles. The van der Waals surface area contributed by atoms with Crippen molar-refractivity contribution in [1.82, 2.24) is 39.7 Å². The highest BCUT2D eigenvalue weighted by Crippen LogP contribution is 2.27. The number of benzene rings is 1. The fraction of sp³-hybridized carbons (Fsp3) is 0.176. The number of para-hydroxylation sites is 1. The van der Waals surface area contributed by atoms with E-state index in [1.165, 1.54) is 6.33 Å². The second-order valence-electron chi connectivity index (χ2n) is 6.13. The van der Waals surface area contributed by atoms with Crippen molar-refractivity contribution in [3.63, 3.8) is 0 Å². The van der Waals surface area contributed by atoms with Crippen molar-refractivity contribution in [3.05, 3.63) is 48.2 Å². The Balaban J connectivity index is 1.67. The molecule has 134 valence electrons. The molecular formula is C17H15N9O. The Bertz CT molecular complexity index is 1270. The maximum Gasteiger partial charge on any atom is 0.188 e. The molecular weight excluding hydrogens is 346 g/mol. The van der Waals surface area contributed by atoms with Gasteiger partial charge in [-0.2, -0.15) is 9.61 Å². The van der Waals surface area contributed by atoms with Gasteiger partial charge in [0.2, 0.25) is 0 Å². The molecule has 4 aromatic heterocycles.